The van der Waals surface area contributed by atoms with Gasteiger partial charge in [0.15, 0.2) is 0 Å². The zero-order valence-corrected chi connectivity index (χ0v) is 10.3. The number of nitrogens with zero attached hydrogens (tertiary/aromatic N) is 1. The summed E-state index contributed by atoms with van der Waals surface area (Å²) in [5, 5.41) is 0. The lowest BCUT2D eigenvalue weighted by Crippen LogP contribution is -2.30. The Balaban J connectivity index is 2.24. The molecule has 1 heterocycles. The summed E-state index contributed by atoms with van der Waals surface area (Å²) in [6, 6.07) is 4.24. The molecule has 4 nitrogen and oxygen atoms in total. The van der Waals surface area contributed by atoms with Crippen LogP contribution in [0.4, 0.5) is 10.1 Å². The molecule has 1 saturated heterocycles. The standard InChI is InChI=1S/C13H15FN2O2/c1-7-8(2)13(18)16(12(7)17)6-9-3-4-10(15)5-11(9)14/h3-5,7-8H,6,15H2,1-2H3. The summed E-state index contributed by atoms with van der Waals surface area (Å²) in [6.07, 6.45) is 0. The van der Waals surface area contributed by atoms with Gasteiger partial charge in [0.05, 0.1) is 6.54 Å². The van der Waals surface area contributed by atoms with Gasteiger partial charge in [-0.05, 0) is 12.1 Å². The number of carbonyl (C=O) groups excluding carboxylic acids is 2. The highest BCUT2D eigenvalue weighted by molar-refractivity contribution is 6.04. The maximum atomic E-state index is 13.6. The van der Waals surface area contributed by atoms with Gasteiger partial charge in [0.2, 0.25) is 11.8 Å². The minimum absolute atomic E-state index is 0.0293. The first-order valence-electron chi connectivity index (χ1n) is 5.81. The molecule has 0 aromatic heterocycles. The number of imide groups is 1. The average Bonchev–Trinajstić information content (AvgIpc) is 2.50. The average molecular weight is 250 g/mol. The van der Waals surface area contributed by atoms with Gasteiger partial charge in [0, 0.05) is 23.1 Å². The predicted octanol–water partition coefficient (Wildman–Crippen LogP) is 1.55. The van der Waals surface area contributed by atoms with Crippen molar-refractivity contribution in [3.05, 3.63) is 29.6 Å². The van der Waals surface area contributed by atoms with Crippen LogP contribution in [0, 0.1) is 17.7 Å². The molecule has 96 valence electrons. The van der Waals surface area contributed by atoms with Crippen LogP contribution in [0.15, 0.2) is 18.2 Å². The number of rotatable bonds is 2. The van der Waals surface area contributed by atoms with E-state index in [0.29, 0.717) is 11.3 Å². The van der Waals surface area contributed by atoms with Crippen LogP contribution >= 0.6 is 0 Å². The lowest BCUT2D eigenvalue weighted by Gasteiger charge is -2.15. The van der Waals surface area contributed by atoms with Gasteiger partial charge in [0.25, 0.3) is 0 Å². The molecule has 1 aromatic rings. The van der Waals surface area contributed by atoms with Crippen molar-refractivity contribution < 1.29 is 14.0 Å². The van der Waals surface area contributed by atoms with E-state index in [2.05, 4.69) is 0 Å². The number of amides is 2. The van der Waals surface area contributed by atoms with Crippen LogP contribution in [-0.4, -0.2) is 16.7 Å². The number of carbonyl (C=O) groups is 2. The van der Waals surface area contributed by atoms with E-state index in [1.807, 2.05) is 0 Å². The fraction of sp³-hybridized carbons (Fsp3) is 0.385. The quantitative estimate of drug-likeness (QED) is 0.639. The topological polar surface area (TPSA) is 63.4 Å². The number of anilines is 1. The van der Waals surface area contributed by atoms with Crippen molar-refractivity contribution >= 4 is 17.5 Å². The molecule has 5 heteroatoms. The van der Waals surface area contributed by atoms with E-state index >= 15 is 0 Å². The first-order valence-corrected chi connectivity index (χ1v) is 5.81. The van der Waals surface area contributed by atoms with Gasteiger partial charge in [-0.3, -0.25) is 14.5 Å². The highest BCUT2D eigenvalue weighted by Gasteiger charge is 2.42. The van der Waals surface area contributed by atoms with Crippen LogP contribution in [0.25, 0.3) is 0 Å². The third kappa shape index (κ3) is 1.96. The van der Waals surface area contributed by atoms with E-state index in [0.717, 1.165) is 4.90 Å². The van der Waals surface area contributed by atoms with E-state index in [-0.39, 0.29) is 30.2 Å². The number of halogens is 1. The van der Waals surface area contributed by atoms with Crippen molar-refractivity contribution in [2.45, 2.75) is 20.4 Å². The molecule has 1 fully saturated rings. The molecule has 0 aliphatic carbocycles. The molecule has 18 heavy (non-hydrogen) atoms. The first kappa shape index (κ1) is 12.5. The van der Waals surface area contributed by atoms with Crippen molar-refractivity contribution in [3.63, 3.8) is 0 Å². The first-order chi connectivity index (χ1) is 8.41. The number of hydrogen-bond donors (Lipinski definition) is 1. The Morgan fingerprint density at radius 2 is 1.78 bits per heavy atom. The van der Waals surface area contributed by atoms with Gasteiger partial charge in [-0.15, -0.1) is 0 Å². The molecule has 2 atom stereocenters. The second-order valence-corrected chi connectivity index (χ2v) is 4.69. The van der Waals surface area contributed by atoms with Crippen LogP contribution in [0.1, 0.15) is 19.4 Å². The minimum Gasteiger partial charge on any atom is -0.399 e. The fourth-order valence-electron chi connectivity index (χ4n) is 2.05. The molecule has 1 aliphatic rings. The number of likely N-dealkylation sites (tertiary alicyclic amines) is 1. The molecular weight excluding hydrogens is 235 g/mol. The summed E-state index contributed by atoms with van der Waals surface area (Å²) in [5.41, 5.74) is 6.06. The highest BCUT2D eigenvalue weighted by Crippen LogP contribution is 2.27. The molecule has 2 unspecified atom stereocenters. The van der Waals surface area contributed by atoms with E-state index < -0.39 is 5.82 Å². The second kappa shape index (κ2) is 4.40. The molecule has 2 amide bonds. The van der Waals surface area contributed by atoms with Gasteiger partial charge in [0.1, 0.15) is 5.82 Å². The lowest BCUT2D eigenvalue weighted by atomic mass is 10.00. The molecule has 0 spiro atoms. The minimum atomic E-state index is -0.497. The van der Waals surface area contributed by atoms with Crippen molar-refractivity contribution in [3.8, 4) is 0 Å². The Morgan fingerprint density at radius 1 is 1.22 bits per heavy atom. The smallest absolute Gasteiger partial charge is 0.233 e. The number of nitrogens with two attached hydrogens (primary N) is 1. The zero-order valence-electron chi connectivity index (χ0n) is 10.3. The largest absolute Gasteiger partial charge is 0.399 e. The van der Waals surface area contributed by atoms with Crippen LogP contribution < -0.4 is 5.73 Å². The zero-order chi connectivity index (χ0) is 13.4. The van der Waals surface area contributed by atoms with Crippen LogP contribution in [0.5, 0.6) is 0 Å². The lowest BCUT2D eigenvalue weighted by molar-refractivity contribution is -0.140. The summed E-state index contributed by atoms with van der Waals surface area (Å²) >= 11 is 0. The molecule has 1 aromatic carbocycles. The van der Waals surface area contributed by atoms with Crippen molar-refractivity contribution in [2.75, 3.05) is 5.73 Å². The Labute approximate surface area is 105 Å². The van der Waals surface area contributed by atoms with Gasteiger partial charge in [-0.2, -0.15) is 0 Å². The van der Waals surface area contributed by atoms with Crippen LogP contribution in [-0.2, 0) is 16.1 Å². The molecule has 0 radical (unpaired) electrons. The summed E-state index contributed by atoms with van der Waals surface area (Å²) < 4.78 is 13.6. The van der Waals surface area contributed by atoms with E-state index in [1.165, 1.54) is 12.1 Å². The summed E-state index contributed by atoms with van der Waals surface area (Å²) in [7, 11) is 0. The SMILES string of the molecule is CC1C(=O)N(Cc2ccc(N)cc2F)C(=O)C1C. The number of nitrogen functional groups attached to an aromatic ring is 1. The Kier molecular flexibility index (Phi) is 3.07. The van der Waals surface area contributed by atoms with Gasteiger partial charge in [-0.25, -0.2) is 4.39 Å². The van der Waals surface area contributed by atoms with E-state index in [4.69, 9.17) is 5.73 Å². The third-order valence-electron chi connectivity index (χ3n) is 3.47. The Hall–Kier alpha value is -1.91. The Bertz CT molecular complexity index is 496. The maximum Gasteiger partial charge on any atom is 0.233 e. The molecule has 0 bridgehead atoms. The fourth-order valence-corrected chi connectivity index (χ4v) is 2.05. The van der Waals surface area contributed by atoms with Crippen molar-refractivity contribution in [1.29, 1.82) is 0 Å². The van der Waals surface area contributed by atoms with E-state index in [9.17, 15) is 14.0 Å². The van der Waals surface area contributed by atoms with Gasteiger partial charge in [-0.1, -0.05) is 19.9 Å². The molecule has 2 rings (SSSR count). The summed E-state index contributed by atoms with van der Waals surface area (Å²) in [6.45, 7) is 3.40. The molecular formula is C13H15FN2O2. The molecule has 0 saturated carbocycles. The van der Waals surface area contributed by atoms with Crippen LogP contribution in [0.3, 0.4) is 0 Å². The molecule has 1 aliphatic heterocycles. The van der Waals surface area contributed by atoms with Gasteiger partial charge < -0.3 is 5.73 Å². The van der Waals surface area contributed by atoms with Gasteiger partial charge >= 0.3 is 0 Å². The monoisotopic (exact) mass is 250 g/mol. The number of benzene rings is 1. The predicted molar refractivity (Wildman–Crippen MR) is 64.7 cm³/mol. The maximum absolute atomic E-state index is 13.6. The van der Waals surface area contributed by atoms with Crippen molar-refractivity contribution in [2.24, 2.45) is 11.8 Å². The molecule has 2 N–H and O–H groups in total. The second-order valence-electron chi connectivity index (χ2n) is 4.69. The van der Waals surface area contributed by atoms with Crippen LogP contribution in [0.2, 0.25) is 0 Å². The summed E-state index contributed by atoms with van der Waals surface area (Å²) in [4.78, 5) is 24.8. The normalized spacial score (nSPS) is 23.8. The third-order valence-corrected chi connectivity index (χ3v) is 3.47. The van der Waals surface area contributed by atoms with E-state index in [1.54, 1.807) is 19.9 Å². The number of hydrogen-bond acceptors (Lipinski definition) is 3. The Morgan fingerprint density at radius 3 is 2.28 bits per heavy atom. The highest BCUT2D eigenvalue weighted by atomic mass is 19.1. The van der Waals surface area contributed by atoms with Crippen molar-refractivity contribution in [1.82, 2.24) is 4.90 Å². The summed E-state index contributed by atoms with van der Waals surface area (Å²) in [5.74, 6) is -1.67.